The average Bonchev–Trinajstić information content (AvgIpc) is 2.54. The number of hydrogen-bond donors (Lipinski definition) is 2. The Bertz CT molecular complexity index is 697. The number of nitrogens with one attached hydrogen (secondary N) is 2. The molecular weight excluding hydrogens is 310 g/mol. The Morgan fingerprint density at radius 1 is 0.960 bits per heavy atom. The molecule has 0 unspecified atom stereocenters. The number of anilines is 4. The van der Waals surface area contributed by atoms with Gasteiger partial charge in [0.15, 0.2) is 0 Å². The molecule has 0 bridgehead atoms. The minimum absolute atomic E-state index is 0.0336. The molecule has 134 valence electrons. The van der Waals surface area contributed by atoms with Crippen LogP contribution in [0.1, 0.15) is 45.7 Å². The zero-order chi connectivity index (χ0) is 17.9. The zero-order valence-electron chi connectivity index (χ0n) is 15.8. The van der Waals surface area contributed by atoms with Gasteiger partial charge in [0.05, 0.1) is 0 Å². The highest BCUT2D eigenvalue weighted by Crippen LogP contribution is 2.23. The summed E-state index contributed by atoms with van der Waals surface area (Å²) >= 11 is 0. The van der Waals surface area contributed by atoms with Gasteiger partial charge in [-0.2, -0.15) is 4.98 Å². The summed E-state index contributed by atoms with van der Waals surface area (Å²) in [4.78, 5) is 11.5. The molecule has 1 aromatic carbocycles. The van der Waals surface area contributed by atoms with Crippen LogP contribution in [0.15, 0.2) is 30.3 Å². The molecule has 1 saturated heterocycles. The first-order chi connectivity index (χ1) is 11.9. The predicted molar refractivity (Wildman–Crippen MR) is 106 cm³/mol. The van der Waals surface area contributed by atoms with E-state index in [0.29, 0.717) is 5.95 Å². The maximum atomic E-state index is 4.58. The summed E-state index contributed by atoms with van der Waals surface area (Å²) in [5.74, 6) is 1.46. The average molecular weight is 339 g/mol. The molecule has 0 atom stereocenters. The fourth-order valence-corrected chi connectivity index (χ4v) is 3.11. The minimum Gasteiger partial charge on any atom is -0.372 e. The summed E-state index contributed by atoms with van der Waals surface area (Å²) in [5.41, 5.74) is 3.21. The molecule has 0 aliphatic carbocycles. The molecule has 1 aromatic heterocycles. The normalized spacial score (nSPS) is 15.1. The third-order valence-electron chi connectivity index (χ3n) is 4.20. The quantitative estimate of drug-likeness (QED) is 0.843. The number of rotatable bonds is 4. The van der Waals surface area contributed by atoms with E-state index in [9.17, 15) is 0 Å². The molecule has 1 aliphatic rings. The van der Waals surface area contributed by atoms with Gasteiger partial charge in [-0.05, 0) is 71.2 Å². The van der Waals surface area contributed by atoms with E-state index in [1.807, 2.05) is 13.0 Å². The molecule has 1 aliphatic heterocycles. The van der Waals surface area contributed by atoms with Gasteiger partial charge in [-0.1, -0.05) is 0 Å². The van der Waals surface area contributed by atoms with Gasteiger partial charge < -0.3 is 15.5 Å². The maximum absolute atomic E-state index is 4.58. The highest BCUT2D eigenvalue weighted by Gasteiger charge is 2.13. The van der Waals surface area contributed by atoms with E-state index in [1.165, 1.54) is 24.9 Å². The zero-order valence-corrected chi connectivity index (χ0v) is 15.8. The van der Waals surface area contributed by atoms with Gasteiger partial charge in [0, 0.05) is 41.8 Å². The second-order valence-corrected chi connectivity index (χ2v) is 7.81. The summed E-state index contributed by atoms with van der Waals surface area (Å²) in [6, 6.07) is 10.5. The van der Waals surface area contributed by atoms with Crippen LogP contribution >= 0.6 is 0 Å². The van der Waals surface area contributed by atoms with Crippen LogP contribution in [0.4, 0.5) is 23.1 Å². The summed E-state index contributed by atoms with van der Waals surface area (Å²) in [7, 11) is 0. The predicted octanol–water partition coefficient (Wildman–Crippen LogP) is 4.73. The van der Waals surface area contributed by atoms with Crippen molar-refractivity contribution in [3.63, 3.8) is 0 Å². The Morgan fingerprint density at radius 2 is 1.64 bits per heavy atom. The van der Waals surface area contributed by atoms with Gasteiger partial charge in [-0.15, -0.1) is 0 Å². The van der Waals surface area contributed by atoms with E-state index in [1.54, 1.807) is 0 Å². The number of aryl methyl sites for hydroxylation is 1. The number of benzene rings is 1. The van der Waals surface area contributed by atoms with E-state index in [4.69, 9.17) is 0 Å². The van der Waals surface area contributed by atoms with Gasteiger partial charge in [-0.25, -0.2) is 4.98 Å². The Kier molecular flexibility index (Phi) is 5.11. The van der Waals surface area contributed by atoms with Crippen LogP contribution in [0.25, 0.3) is 0 Å². The molecule has 0 radical (unpaired) electrons. The molecule has 3 rings (SSSR count). The first kappa shape index (κ1) is 17.5. The van der Waals surface area contributed by atoms with Gasteiger partial charge in [0.2, 0.25) is 5.95 Å². The first-order valence-electron chi connectivity index (χ1n) is 9.15. The largest absolute Gasteiger partial charge is 0.372 e. The van der Waals surface area contributed by atoms with Crippen molar-refractivity contribution in [1.29, 1.82) is 0 Å². The number of piperidine rings is 1. The van der Waals surface area contributed by atoms with Gasteiger partial charge in [0.1, 0.15) is 5.82 Å². The van der Waals surface area contributed by atoms with Crippen LogP contribution in [-0.2, 0) is 0 Å². The van der Waals surface area contributed by atoms with Crippen LogP contribution < -0.4 is 15.5 Å². The summed E-state index contributed by atoms with van der Waals surface area (Å²) in [6.07, 6.45) is 3.94. The third-order valence-corrected chi connectivity index (χ3v) is 4.20. The molecular formula is C20H29N5. The van der Waals surface area contributed by atoms with Gasteiger partial charge in [0.25, 0.3) is 0 Å². The Labute approximate surface area is 150 Å². The summed E-state index contributed by atoms with van der Waals surface area (Å²) < 4.78 is 0. The van der Waals surface area contributed by atoms with Crippen LogP contribution in [0.2, 0.25) is 0 Å². The molecule has 2 N–H and O–H groups in total. The van der Waals surface area contributed by atoms with Crippen LogP contribution in [0, 0.1) is 6.92 Å². The van der Waals surface area contributed by atoms with Crippen molar-refractivity contribution in [1.82, 2.24) is 9.97 Å². The Balaban J connectivity index is 1.71. The van der Waals surface area contributed by atoms with Crippen LogP contribution in [-0.4, -0.2) is 28.6 Å². The van der Waals surface area contributed by atoms with Crippen molar-refractivity contribution < 1.29 is 0 Å². The third kappa shape index (κ3) is 5.08. The monoisotopic (exact) mass is 339 g/mol. The fourth-order valence-electron chi connectivity index (χ4n) is 3.11. The van der Waals surface area contributed by atoms with Crippen molar-refractivity contribution in [3.8, 4) is 0 Å². The van der Waals surface area contributed by atoms with Crippen molar-refractivity contribution in [2.45, 2.75) is 52.5 Å². The number of aromatic nitrogens is 2. The second kappa shape index (κ2) is 7.30. The van der Waals surface area contributed by atoms with Crippen molar-refractivity contribution in [2.24, 2.45) is 0 Å². The molecule has 25 heavy (non-hydrogen) atoms. The van der Waals surface area contributed by atoms with E-state index >= 15 is 0 Å². The number of nitrogens with zero attached hydrogens (tertiary/aromatic N) is 3. The molecule has 1 fully saturated rings. The lowest BCUT2D eigenvalue weighted by Crippen LogP contribution is -2.29. The topological polar surface area (TPSA) is 53.1 Å². The SMILES string of the molecule is Cc1cc(NC(C)(C)C)nc(Nc2ccc(N3CCCCC3)cc2)n1. The highest BCUT2D eigenvalue weighted by molar-refractivity contribution is 5.60. The van der Waals surface area contributed by atoms with Crippen molar-refractivity contribution >= 4 is 23.1 Å². The standard InChI is InChI=1S/C20H29N5/c1-15-14-18(24-20(2,3)4)23-19(21-15)22-16-8-10-17(11-9-16)25-12-6-5-7-13-25/h8-11,14H,5-7,12-13H2,1-4H3,(H2,21,22,23,24). The summed E-state index contributed by atoms with van der Waals surface area (Å²) in [5, 5.41) is 6.72. The second-order valence-electron chi connectivity index (χ2n) is 7.81. The van der Waals surface area contributed by atoms with Crippen LogP contribution in [0.5, 0.6) is 0 Å². The molecule has 0 amide bonds. The highest BCUT2D eigenvalue weighted by atomic mass is 15.2. The molecule has 2 heterocycles. The summed E-state index contributed by atoms with van der Waals surface area (Å²) in [6.45, 7) is 10.7. The van der Waals surface area contributed by atoms with E-state index in [0.717, 1.165) is 30.3 Å². The first-order valence-corrected chi connectivity index (χ1v) is 9.15. The lowest BCUT2D eigenvalue weighted by molar-refractivity contribution is 0.578. The smallest absolute Gasteiger partial charge is 0.229 e. The maximum Gasteiger partial charge on any atom is 0.229 e. The number of hydrogen-bond acceptors (Lipinski definition) is 5. The molecule has 0 spiro atoms. The van der Waals surface area contributed by atoms with Crippen molar-refractivity contribution in [2.75, 3.05) is 28.6 Å². The van der Waals surface area contributed by atoms with Crippen molar-refractivity contribution in [3.05, 3.63) is 36.0 Å². The fraction of sp³-hybridized carbons (Fsp3) is 0.500. The molecule has 5 heteroatoms. The molecule has 2 aromatic rings. The Morgan fingerprint density at radius 3 is 2.28 bits per heavy atom. The Hall–Kier alpha value is -2.30. The van der Waals surface area contributed by atoms with Crippen LogP contribution in [0.3, 0.4) is 0 Å². The molecule has 5 nitrogen and oxygen atoms in total. The van der Waals surface area contributed by atoms with Gasteiger partial charge in [-0.3, -0.25) is 0 Å². The van der Waals surface area contributed by atoms with E-state index in [-0.39, 0.29) is 5.54 Å². The lowest BCUT2D eigenvalue weighted by atomic mass is 10.1. The minimum atomic E-state index is -0.0336. The van der Waals surface area contributed by atoms with E-state index in [2.05, 4.69) is 70.5 Å². The van der Waals surface area contributed by atoms with E-state index < -0.39 is 0 Å². The lowest BCUT2D eigenvalue weighted by Gasteiger charge is -2.28. The van der Waals surface area contributed by atoms with Gasteiger partial charge >= 0.3 is 0 Å². The molecule has 0 saturated carbocycles.